The third kappa shape index (κ3) is 6.38. The van der Waals surface area contributed by atoms with Crippen molar-refractivity contribution in [1.29, 1.82) is 0 Å². The Balaban J connectivity index is 1.91. The second-order valence-corrected chi connectivity index (χ2v) is 10.9. The first kappa shape index (κ1) is 31.2. The van der Waals surface area contributed by atoms with Crippen molar-refractivity contribution in [2.75, 3.05) is 0 Å². The molecule has 0 bridgehead atoms. The minimum Gasteiger partial charge on any atom is -0.481 e. The van der Waals surface area contributed by atoms with Crippen molar-refractivity contribution < 1.29 is 29.4 Å². The van der Waals surface area contributed by atoms with Gasteiger partial charge in [-0.15, -0.1) is 0 Å². The van der Waals surface area contributed by atoms with Crippen LogP contribution >= 0.6 is 0 Å². The van der Waals surface area contributed by atoms with Crippen LogP contribution in [0.3, 0.4) is 0 Å². The van der Waals surface area contributed by atoms with Crippen molar-refractivity contribution in [3.63, 3.8) is 0 Å². The maximum atomic E-state index is 12.3. The Labute approximate surface area is 249 Å². The SMILES string of the molecule is CCC1=C(C)C(/C=c2\[nH]/c(=C\c3[nH]c(/C=C4\NC(=O)C(C)=C4CC)c(C)c3CCC(=O)O)c(CCC(=O)O)c2C)=NC1=O. The molecule has 0 saturated heterocycles. The van der Waals surface area contributed by atoms with Gasteiger partial charge in [-0.3, -0.25) is 19.2 Å². The van der Waals surface area contributed by atoms with E-state index in [0.717, 1.165) is 44.4 Å². The Morgan fingerprint density at radius 1 is 0.744 bits per heavy atom. The summed E-state index contributed by atoms with van der Waals surface area (Å²) in [7, 11) is 0. The number of aliphatic carboxylic acids is 2. The van der Waals surface area contributed by atoms with E-state index in [1.54, 1.807) is 6.92 Å². The number of aromatic amines is 2. The van der Waals surface area contributed by atoms with Gasteiger partial charge in [-0.1, -0.05) is 13.8 Å². The van der Waals surface area contributed by atoms with Crippen molar-refractivity contribution in [3.05, 3.63) is 72.3 Å². The van der Waals surface area contributed by atoms with Gasteiger partial charge in [0, 0.05) is 51.8 Å². The molecule has 4 rings (SSSR count). The van der Waals surface area contributed by atoms with Crippen LogP contribution in [0.4, 0.5) is 0 Å². The van der Waals surface area contributed by atoms with E-state index >= 15 is 0 Å². The summed E-state index contributed by atoms with van der Waals surface area (Å²) >= 11 is 0. The largest absolute Gasteiger partial charge is 0.481 e. The first-order chi connectivity index (χ1) is 20.4. The number of hydrogen-bond acceptors (Lipinski definition) is 4. The van der Waals surface area contributed by atoms with Crippen LogP contribution in [0.2, 0.25) is 0 Å². The fraction of sp³-hybridized carbons (Fsp3) is 0.364. The number of aliphatic imine (C=N–C) groups is 1. The van der Waals surface area contributed by atoms with Gasteiger partial charge in [-0.25, -0.2) is 4.99 Å². The zero-order valence-corrected chi connectivity index (χ0v) is 25.4. The molecule has 0 radical (unpaired) electrons. The van der Waals surface area contributed by atoms with Crippen molar-refractivity contribution in [3.8, 4) is 0 Å². The van der Waals surface area contributed by atoms with Crippen molar-refractivity contribution in [2.24, 2.45) is 4.99 Å². The highest BCUT2D eigenvalue weighted by atomic mass is 16.4. The van der Waals surface area contributed by atoms with Crippen LogP contribution < -0.4 is 16.0 Å². The maximum absolute atomic E-state index is 12.3. The minimum atomic E-state index is -0.922. The number of rotatable bonds is 11. The summed E-state index contributed by atoms with van der Waals surface area (Å²) in [6.45, 7) is 11.4. The fourth-order valence-corrected chi connectivity index (χ4v) is 5.77. The van der Waals surface area contributed by atoms with E-state index in [1.807, 2.05) is 52.8 Å². The zero-order chi connectivity index (χ0) is 31.6. The Hall–Kier alpha value is -4.73. The summed E-state index contributed by atoms with van der Waals surface area (Å²) in [4.78, 5) is 58.7. The maximum Gasteiger partial charge on any atom is 0.303 e. The van der Waals surface area contributed by atoms with Gasteiger partial charge in [0.2, 0.25) is 0 Å². The van der Waals surface area contributed by atoms with Crippen molar-refractivity contribution in [2.45, 2.75) is 80.1 Å². The fourth-order valence-electron chi connectivity index (χ4n) is 5.77. The number of nitrogens with zero attached hydrogens (tertiary/aromatic N) is 1. The molecule has 0 atom stereocenters. The number of carbonyl (C=O) groups is 4. The van der Waals surface area contributed by atoms with Gasteiger partial charge in [0.1, 0.15) is 0 Å². The molecule has 2 aliphatic heterocycles. The van der Waals surface area contributed by atoms with Crippen LogP contribution in [-0.4, -0.2) is 49.6 Å². The van der Waals surface area contributed by atoms with E-state index in [-0.39, 0.29) is 37.5 Å². The summed E-state index contributed by atoms with van der Waals surface area (Å²) in [5.74, 6) is -2.22. The highest BCUT2D eigenvalue weighted by Crippen LogP contribution is 2.28. The van der Waals surface area contributed by atoms with Crippen LogP contribution in [0.5, 0.6) is 0 Å². The third-order valence-corrected chi connectivity index (χ3v) is 8.33. The molecule has 226 valence electrons. The smallest absolute Gasteiger partial charge is 0.303 e. The molecule has 10 nitrogen and oxygen atoms in total. The number of aromatic nitrogens is 2. The molecule has 0 saturated carbocycles. The number of carboxylic acid groups (broad SMARTS) is 2. The molecule has 4 heterocycles. The average molecular weight is 587 g/mol. The van der Waals surface area contributed by atoms with Gasteiger partial charge in [-0.2, -0.15) is 0 Å². The number of carboxylic acids is 2. The summed E-state index contributed by atoms with van der Waals surface area (Å²) < 4.78 is 0. The second kappa shape index (κ2) is 12.6. The lowest BCUT2D eigenvalue weighted by molar-refractivity contribution is -0.138. The van der Waals surface area contributed by atoms with Crippen LogP contribution in [0.1, 0.15) is 87.0 Å². The highest BCUT2D eigenvalue weighted by Gasteiger charge is 2.24. The molecule has 0 aliphatic carbocycles. The van der Waals surface area contributed by atoms with Crippen LogP contribution in [0.25, 0.3) is 18.2 Å². The van der Waals surface area contributed by atoms with Crippen molar-refractivity contribution in [1.82, 2.24) is 15.3 Å². The predicted molar refractivity (Wildman–Crippen MR) is 165 cm³/mol. The zero-order valence-electron chi connectivity index (χ0n) is 25.4. The summed E-state index contributed by atoms with van der Waals surface area (Å²) in [5, 5.41) is 23.2. The van der Waals surface area contributed by atoms with Gasteiger partial charge in [0.05, 0.1) is 5.71 Å². The van der Waals surface area contributed by atoms with Crippen LogP contribution in [-0.2, 0) is 32.0 Å². The second-order valence-electron chi connectivity index (χ2n) is 10.9. The van der Waals surface area contributed by atoms with E-state index in [1.165, 1.54) is 0 Å². The molecule has 0 spiro atoms. The van der Waals surface area contributed by atoms with E-state index < -0.39 is 11.9 Å². The highest BCUT2D eigenvalue weighted by molar-refractivity contribution is 6.30. The topological polar surface area (TPSA) is 165 Å². The summed E-state index contributed by atoms with van der Waals surface area (Å²) in [5.41, 5.74) is 9.15. The molecule has 43 heavy (non-hydrogen) atoms. The standard InChI is InChI=1S/C33H38N4O6/c1-7-20-19(6)32(42)37-27(20)14-25-18(5)23(10-12-31(40)41)29(35-25)15-28-22(9-11-30(38)39)17(4)24(34-28)13-26-16(3)21(8-2)33(43)36-26/h13-15,34-35H,7-12H2,1-6H3,(H,37,42)(H,38,39)(H,40,41)/b24-13-,27-14-,28-15-. The number of amides is 2. The lowest BCUT2D eigenvalue weighted by Crippen LogP contribution is -2.15. The number of hydrogen-bond donors (Lipinski definition) is 5. The molecule has 0 aromatic carbocycles. The normalized spacial score (nSPS) is 17.2. The number of nitrogens with one attached hydrogen (secondary N) is 3. The summed E-state index contributed by atoms with van der Waals surface area (Å²) in [6, 6.07) is 0. The number of allylic oxidation sites excluding steroid dienone is 2. The van der Waals surface area contributed by atoms with Crippen LogP contribution in [0, 0.1) is 13.8 Å². The van der Waals surface area contributed by atoms with Gasteiger partial charge >= 0.3 is 11.9 Å². The van der Waals surface area contributed by atoms with Gasteiger partial charge in [0.15, 0.2) is 0 Å². The Morgan fingerprint density at radius 3 is 1.95 bits per heavy atom. The molecule has 10 heteroatoms. The number of carbonyl (C=O) groups excluding carboxylic acids is 2. The Morgan fingerprint density at radius 2 is 1.37 bits per heavy atom. The average Bonchev–Trinajstić information content (AvgIpc) is 3.59. The van der Waals surface area contributed by atoms with E-state index in [0.29, 0.717) is 46.4 Å². The third-order valence-electron chi connectivity index (χ3n) is 8.33. The quantitative estimate of drug-likeness (QED) is 0.270. The van der Waals surface area contributed by atoms with E-state index in [4.69, 9.17) is 0 Å². The lowest BCUT2D eigenvalue weighted by atomic mass is 10.0. The monoisotopic (exact) mass is 586 g/mol. The molecular formula is C33H38N4O6. The molecule has 2 aliphatic rings. The molecule has 2 aromatic heterocycles. The number of H-pyrrole nitrogens is 2. The van der Waals surface area contributed by atoms with Gasteiger partial charge in [-0.05, 0) is 105 Å². The molecule has 0 unspecified atom stereocenters. The minimum absolute atomic E-state index is 0.0701. The first-order valence-electron chi connectivity index (χ1n) is 14.5. The molecule has 5 N–H and O–H groups in total. The lowest BCUT2D eigenvalue weighted by Gasteiger charge is -2.04. The predicted octanol–water partition coefficient (Wildman–Crippen LogP) is 3.51. The van der Waals surface area contributed by atoms with Crippen molar-refractivity contribution >= 4 is 47.7 Å². The molecular weight excluding hydrogens is 548 g/mol. The first-order valence-corrected chi connectivity index (χ1v) is 14.5. The molecule has 2 amide bonds. The molecule has 2 aromatic rings. The summed E-state index contributed by atoms with van der Waals surface area (Å²) in [6.07, 6.45) is 7.25. The van der Waals surface area contributed by atoms with Crippen LogP contribution in [0.15, 0.2) is 33.0 Å². The van der Waals surface area contributed by atoms with Gasteiger partial charge < -0.3 is 25.5 Å². The molecule has 0 fully saturated rings. The Kier molecular flexibility index (Phi) is 9.18. The van der Waals surface area contributed by atoms with E-state index in [9.17, 15) is 29.4 Å². The Bertz CT molecular complexity index is 1790. The van der Waals surface area contributed by atoms with Gasteiger partial charge in [0.25, 0.3) is 11.8 Å². The van der Waals surface area contributed by atoms with E-state index in [2.05, 4.69) is 20.3 Å².